The van der Waals surface area contributed by atoms with Gasteiger partial charge in [-0.05, 0) is 24.9 Å². The van der Waals surface area contributed by atoms with Crippen molar-refractivity contribution in [3.8, 4) is 0 Å². The van der Waals surface area contributed by atoms with Gasteiger partial charge in [-0.15, -0.1) is 11.3 Å². The zero-order valence-electron chi connectivity index (χ0n) is 13.0. The molecule has 2 aromatic rings. The standard InChI is InChI=1S/C15H24N4OS/c1-4-5-18(11-15(2,3)10-16)9-12-8-13(20)19-6-7-21-14(19)17-12/h6-8H,4-5,9-11,16H2,1-3H3. The van der Waals surface area contributed by atoms with Crippen LogP contribution in [0.15, 0.2) is 22.4 Å². The Morgan fingerprint density at radius 1 is 1.48 bits per heavy atom. The minimum absolute atomic E-state index is 0.00853. The minimum atomic E-state index is -0.00853. The van der Waals surface area contributed by atoms with Gasteiger partial charge in [0.1, 0.15) is 0 Å². The number of thiazole rings is 1. The molecule has 0 aliphatic rings. The number of fused-ring (bicyclic) bond motifs is 1. The Morgan fingerprint density at radius 3 is 2.90 bits per heavy atom. The van der Waals surface area contributed by atoms with Gasteiger partial charge >= 0.3 is 0 Å². The fraction of sp³-hybridized carbons (Fsp3) is 0.600. The predicted molar refractivity (Wildman–Crippen MR) is 87.7 cm³/mol. The van der Waals surface area contributed by atoms with Gasteiger partial charge in [0.15, 0.2) is 4.96 Å². The molecular formula is C15H24N4OS. The maximum atomic E-state index is 12.0. The van der Waals surface area contributed by atoms with Crippen molar-refractivity contribution < 1.29 is 0 Å². The van der Waals surface area contributed by atoms with Crippen LogP contribution in [0.1, 0.15) is 32.9 Å². The van der Waals surface area contributed by atoms with Crippen LogP contribution in [0.3, 0.4) is 0 Å². The molecule has 2 aromatic heterocycles. The van der Waals surface area contributed by atoms with E-state index in [2.05, 4.69) is 30.7 Å². The third-order valence-corrected chi connectivity index (χ3v) is 4.24. The Morgan fingerprint density at radius 2 is 2.24 bits per heavy atom. The van der Waals surface area contributed by atoms with Crippen LogP contribution in [0.2, 0.25) is 0 Å². The van der Waals surface area contributed by atoms with E-state index in [1.54, 1.807) is 16.7 Å². The molecule has 0 bridgehead atoms. The van der Waals surface area contributed by atoms with E-state index in [4.69, 9.17) is 5.73 Å². The van der Waals surface area contributed by atoms with Crippen LogP contribution < -0.4 is 11.3 Å². The van der Waals surface area contributed by atoms with Crippen molar-refractivity contribution in [3.63, 3.8) is 0 Å². The van der Waals surface area contributed by atoms with Crippen molar-refractivity contribution in [2.75, 3.05) is 19.6 Å². The fourth-order valence-electron chi connectivity index (χ4n) is 2.40. The lowest BCUT2D eigenvalue weighted by atomic mass is 9.93. The maximum absolute atomic E-state index is 12.0. The van der Waals surface area contributed by atoms with Crippen LogP contribution in [0.25, 0.3) is 4.96 Å². The van der Waals surface area contributed by atoms with Crippen molar-refractivity contribution in [1.82, 2.24) is 14.3 Å². The van der Waals surface area contributed by atoms with E-state index >= 15 is 0 Å². The van der Waals surface area contributed by atoms with Crippen molar-refractivity contribution in [2.45, 2.75) is 33.7 Å². The minimum Gasteiger partial charge on any atom is -0.330 e. The quantitative estimate of drug-likeness (QED) is 0.849. The highest BCUT2D eigenvalue weighted by atomic mass is 32.1. The van der Waals surface area contributed by atoms with Crippen molar-refractivity contribution >= 4 is 16.3 Å². The van der Waals surface area contributed by atoms with Gasteiger partial charge in [0.05, 0.1) is 5.69 Å². The second-order valence-electron chi connectivity index (χ2n) is 6.22. The van der Waals surface area contributed by atoms with E-state index in [-0.39, 0.29) is 11.0 Å². The van der Waals surface area contributed by atoms with Crippen molar-refractivity contribution in [3.05, 3.63) is 33.7 Å². The monoisotopic (exact) mass is 308 g/mol. The first-order valence-corrected chi connectivity index (χ1v) is 8.21. The van der Waals surface area contributed by atoms with Gasteiger partial charge < -0.3 is 5.73 Å². The van der Waals surface area contributed by atoms with Crippen LogP contribution >= 0.6 is 11.3 Å². The van der Waals surface area contributed by atoms with Crippen LogP contribution in [0.5, 0.6) is 0 Å². The van der Waals surface area contributed by atoms with Crippen LogP contribution in [-0.2, 0) is 6.54 Å². The third kappa shape index (κ3) is 4.12. The van der Waals surface area contributed by atoms with E-state index in [0.29, 0.717) is 13.1 Å². The van der Waals surface area contributed by atoms with Crippen LogP contribution in [0.4, 0.5) is 0 Å². The van der Waals surface area contributed by atoms with Gasteiger partial charge in [-0.25, -0.2) is 4.98 Å². The average Bonchev–Trinajstić information content (AvgIpc) is 2.87. The highest BCUT2D eigenvalue weighted by molar-refractivity contribution is 7.15. The number of rotatable bonds is 7. The molecule has 0 aromatic carbocycles. The van der Waals surface area contributed by atoms with E-state index in [0.717, 1.165) is 30.2 Å². The molecule has 2 rings (SSSR count). The second kappa shape index (κ2) is 6.68. The molecule has 0 spiro atoms. The zero-order chi connectivity index (χ0) is 15.5. The SMILES string of the molecule is CCCN(Cc1cc(=O)n2ccsc2n1)CC(C)(C)CN. The van der Waals surface area contributed by atoms with E-state index in [1.807, 2.05) is 5.38 Å². The Hall–Kier alpha value is -1.24. The molecule has 21 heavy (non-hydrogen) atoms. The lowest BCUT2D eigenvalue weighted by Crippen LogP contribution is -2.39. The summed E-state index contributed by atoms with van der Waals surface area (Å²) in [6.45, 7) is 9.72. The maximum Gasteiger partial charge on any atom is 0.258 e. The molecular weight excluding hydrogens is 284 g/mol. The van der Waals surface area contributed by atoms with Gasteiger partial charge in [-0.2, -0.15) is 0 Å². The summed E-state index contributed by atoms with van der Waals surface area (Å²) in [4.78, 5) is 19.7. The normalized spacial score (nSPS) is 12.4. The first kappa shape index (κ1) is 16.1. The molecule has 0 radical (unpaired) electrons. The average molecular weight is 308 g/mol. The Bertz CT molecular complexity index is 646. The molecule has 0 saturated heterocycles. The van der Waals surface area contributed by atoms with Crippen LogP contribution in [-0.4, -0.2) is 33.9 Å². The summed E-state index contributed by atoms with van der Waals surface area (Å²) in [5, 5.41) is 1.88. The molecule has 0 aliphatic heterocycles. The zero-order valence-corrected chi connectivity index (χ0v) is 13.8. The summed E-state index contributed by atoms with van der Waals surface area (Å²) in [6.07, 6.45) is 2.83. The molecule has 0 atom stereocenters. The first-order chi connectivity index (χ1) is 9.95. The lowest BCUT2D eigenvalue weighted by molar-refractivity contribution is 0.174. The highest BCUT2D eigenvalue weighted by Crippen LogP contribution is 2.17. The molecule has 0 aliphatic carbocycles. The number of hydrogen-bond donors (Lipinski definition) is 1. The predicted octanol–water partition coefficient (Wildman–Crippen LogP) is 1.95. The number of hydrogen-bond acceptors (Lipinski definition) is 5. The summed E-state index contributed by atoms with van der Waals surface area (Å²) in [5.74, 6) is 0. The fourth-order valence-corrected chi connectivity index (χ4v) is 3.14. The molecule has 0 unspecified atom stereocenters. The molecule has 5 nitrogen and oxygen atoms in total. The molecule has 116 valence electrons. The summed E-state index contributed by atoms with van der Waals surface area (Å²) >= 11 is 1.49. The Labute approximate surface area is 129 Å². The van der Waals surface area contributed by atoms with Gasteiger partial charge in [0.25, 0.3) is 5.56 Å². The lowest BCUT2D eigenvalue weighted by Gasteiger charge is -2.31. The number of aromatic nitrogens is 2. The van der Waals surface area contributed by atoms with E-state index in [9.17, 15) is 4.79 Å². The summed E-state index contributed by atoms with van der Waals surface area (Å²) in [7, 11) is 0. The van der Waals surface area contributed by atoms with Crippen molar-refractivity contribution in [2.24, 2.45) is 11.1 Å². The topological polar surface area (TPSA) is 63.6 Å². The Kier molecular flexibility index (Phi) is 5.13. The summed E-state index contributed by atoms with van der Waals surface area (Å²) < 4.78 is 1.59. The molecule has 0 amide bonds. The molecule has 0 fully saturated rings. The second-order valence-corrected chi connectivity index (χ2v) is 7.09. The Balaban J connectivity index is 2.20. The van der Waals surface area contributed by atoms with Crippen LogP contribution in [0, 0.1) is 5.41 Å². The highest BCUT2D eigenvalue weighted by Gasteiger charge is 2.20. The molecule has 6 heteroatoms. The smallest absolute Gasteiger partial charge is 0.258 e. The van der Waals surface area contributed by atoms with E-state index < -0.39 is 0 Å². The largest absolute Gasteiger partial charge is 0.330 e. The number of nitrogens with two attached hydrogens (primary N) is 1. The first-order valence-electron chi connectivity index (χ1n) is 7.33. The van der Waals surface area contributed by atoms with Gasteiger partial charge in [0.2, 0.25) is 0 Å². The van der Waals surface area contributed by atoms with Gasteiger partial charge in [-0.1, -0.05) is 20.8 Å². The van der Waals surface area contributed by atoms with Gasteiger partial charge in [0, 0.05) is 30.7 Å². The summed E-state index contributed by atoms with van der Waals surface area (Å²) in [5.41, 5.74) is 6.73. The third-order valence-electron chi connectivity index (χ3n) is 3.49. The van der Waals surface area contributed by atoms with Crippen molar-refractivity contribution in [1.29, 1.82) is 0 Å². The van der Waals surface area contributed by atoms with Gasteiger partial charge in [-0.3, -0.25) is 14.1 Å². The molecule has 0 saturated carbocycles. The molecule has 2 N–H and O–H groups in total. The molecule has 2 heterocycles. The van der Waals surface area contributed by atoms with E-state index in [1.165, 1.54) is 11.3 Å². The number of nitrogens with zero attached hydrogens (tertiary/aromatic N) is 3. The summed E-state index contributed by atoms with van der Waals surface area (Å²) in [6, 6.07) is 1.64.